The molecule has 2 fully saturated rings. The van der Waals surface area contributed by atoms with Gasteiger partial charge in [-0.15, -0.1) is 11.3 Å². The quantitative estimate of drug-likeness (QED) is 0.781. The molecule has 2 aromatic rings. The number of rotatable bonds is 2. The van der Waals surface area contributed by atoms with E-state index in [9.17, 15) is 4.79 Å². The third-order valence-electron chi connectivity index (χ3n) is 6.16. The van der Waals surface area contributed by atoms with Gasteiger partial charge in [-0.05, 0) is 55.4 Å². The summed E-state index contributed by atoms with van der Waals surface area (Å²) < 4.78 is 5.58. The van der Waals surface area contributed by atoms with Crippen molar-refractivity contribution in [3.63, 3.8) is 0 Å². The Labute approximate surface area is 158 Å². The van der Waals surface area contributed by atoms with Crippen LogP contribution in [0.4, 0.5) is 0 Å². The lowest BCUT2D eigenvalue weighted by molar-refractivity contribution is 0.0386. The van der Waals surface area contributed by atoms with E-state index in [4.69, 9.17) is 9.72 Å². The fourth-order valence-corrected chi connectivity index (χ4v) is 5.64. The molecule has 1 aromatic carbocycles. The summed E-state index contributed by atoms with van der Waals surface area (Å²) in [5.74, 6) is 1.82. The van der Waals surface area contributed by atoms with E-state index in [0.29, 0.717) is 17.7 Å². The van der Waals surface area contributed by atoms with Crippen molar-refractivity contribution in [1.29, 1.82) is 0 Å². The molecule has 136 valence electrons. The number of likely N-dealkylation sites (tertiary alicyclic amines) is 1. The van der Waals surface area contributed by atoms with Crippen LogP contribution in [0.5, 0.6) is 5.75 Å². The Hall–Kier alpha value is -1.88. The van der Waals surface area contributed by atoms with Crippen molar-refractivity contribution in [1.82, 2.24) is 9.88 Å². The standard InChI is InChI=1S/C21H24N2O2S/c24-21(23-10-3-5-14-4-1-2-6-18(14)23)17-13-26-20(22-17)16-7-8-19-15(12-16)9-11-25-19/h7-8,12-14,18H,1-6,9-11H2. The molecule has 1 saturated carbocycles. The van der Waals surface area contributed by atoms with E-state index in [2.05, 4.69) is 17.0 Å². The normalized spacial score (nSPS) is 24.7. The zero-order chi connectivity index (χ0) is 17.5. The number of piperidine rings is 1. The minimum Gasteiger partial charge on any atom is -0.493 e. The molecule has 1 amide bonds. The Morgan fingerprint density at radius 1 is 1.19 bits per heavy atom. The van der Waals surface area contributed by atoms with Crippen molar-refractivity contribution in [2.75, 3.05) is 13.2 Å². The van der Waals surface area contributed by atoms with Crippen molar-refractivity contribution < 1.29 is 9.53 Å². The number of amides is 1. The van der Waals surface area contributed by atoms with Gasteiger partial charge in [0.2, 0.25) is 0 Å². The zero-order valence-corrected chi connectivity index (χ0v) is 15.8. The van der Waals surface area contributed by atoms with E-state index in [1.54, 1.807) is 11.3 Å². The maximum atomic E-state index is 13.1. The summed E-state index contributed by atoms with van der Waals surface area (Å²) in [6, 6.07) is 6.67. The third-order valence-corrected chi connectivity index (χ3v) is 7.06. The van der Waals surface area contributed by atoms with Crippen molar-refractivity contribution in [3.8, 4) is 16.3 Å². The summed E-state index contributed by atoms with van der Waals surface area (Å²) in [5.41, 5.74) is 2.95. The number of hydrogen-bond donors (Lipinski definition) is 0. The molecule has 2 aliphatic heterocycles. The molecule has 5 rings (SSSR count). The molecular weight excluding hydrogens is 344 g/mol. The molecule has 4 nitrogen and oxygen atoms in total. The van der Waals surface area contributed by atoms with Gasteiger partial charge in [-0.25, -0.2) is 4.98 Å². The van der Waals surface area contributed by atoms with Gasteiger partial charge in [0, 0.05) is 30.0 Å². The maximum absolute atomic E-state index is 13.1. The highest BCUT2D eigenvalue weighted by Crippen LogP contribution is 2.37. The predicted molar refractivity (Wildman–Crippen MR) is 103 cm³/mol. The topological polar surface area (TPSA) is 42.4 Å². The Morgan fingerprint density at radius 2 is 2.08 bits per heavy atom. The highest BCUT2D eigenvalue weighted by Gasteiger charge is 2.36. The second-order valence-corrected chi connectivity index (χ2v) is 8.57. The van der Waals surface area contributed by atoms with Gasteiger partial charge in [0.05, 0.1) is 6.61 Å². The largest absolute Gasteiger partial charge is 0.493 e. The van der Waals surface area contributed by atoms with Crippen molar-refractivity contribution in [2.24, 2.45) is 5.92 Å². The van der Waals surface area contributed by atoms with Gasteiger partial charge in [0.15, 0.2) is 0 Å². The number of benzene rings is 1. The molecule has 3 heterocycles. The molecule has 26 heavy (non-hydrogen) atoms. The maximum Gasteiger partial charge on any atom is 0.273 e. The fraction of sp³-hybridized carbons (Fsp3) is 0.524. The molecule has 0 bridgehead atoms. The van der Waals surface area contributed by atoms with Crippen LogP contribution >= 0.6 is 11.3 Å². The molecule has 1 aliphatic carbocycles. The average molecular weight is 369 g/mol. The molecular formula is C21H24N2O2S. The zero-order valence-electron chi connectivity index (χ0n) is 14.9. The first-order valence-corrected chi connectivity index (χ1v) is 10.7. The van der Waals surface area contributed by atoms with Gasteiger partial charge in [0.25, 0.3) is 5.91 Å². The van der Waals surface area contributed by atoms with Gasteiger partial charge in [-0.1, -0.05) is 12.8 Å². The summed E-state index contributed by atoms with van der Waals surface area (Å²) in [6.07, 6.45) is 8.41. The van der Waals surface area contributed by atoms with Gasteiger partial charge in [0.1, 0.15) is 16.5 Å². The van der Waals surface area contributed by atoms with Gasteiger partial charge in [-0.2, -0.15) is 0 Å². The third kappa shape index (κ3) is 2.82. The molecule has 2 atom stereocenters. The van der Waals surface area contributed by atoms with Crippen molar-refractivity contribution in [2.45, 2.75) is 51.0 Å². The molecule has 0 N–H and O–H groups in total. The number of fused-ring (bicyclic) bond motifs is 2. The summed E-state index contributed by atoms with van der Waals surface area (Å²) in [4.78, 5) is 20.0. The van der Waals surface area contributed by atoms with E-state index in [1.807, 2.05) is 11.4 Å². The van der Waals surface area contributed by atoms with E-state index in [-0.39, 0.29) is 5.91 Å². The van der Waals surface area contributed by atoms with Crippen LogP contribution in [0.3, 0.4) is 0 Å². The van der Waals surface area contributed by atoms with E-state index in [0.717, 1.165) is 48.7 Å². The molecule has 3 aliphatic rings. The lowest BCUT2D eigenvalue weighted by atomic mass is 9.78. The summed E-state index contributed by atoms with van der Waals surface area (Å²) in [5, 5.41) is 2.87. The first-order chi connectivity index (χ1) is 12.8. The van der Waals surface area contributed by atoms with E-state index >= 15 is 0 Å². The number of carbonyl (C=O) groups excluding carboxylic acids is 1. The Kier molecular flexibility index (Phi) is 4.20. The summed E-state index contributed by atoms with van der Waals surface area (Å²) >= 11 is 1.57. The highest BCUT2D eigenvalue weighted by molar-refractivity contribution is 7.13. The Balaban J connectivity index is 1.38. The molecule has 1 aromatic heterocycles. The van der Waals surface area contributed by atoms with Crippen LogP contribution in [0.25, 0.3) is 10.6 Å². The second kappa shape index (κ2) is 6.69. The Morgan fingerprint density at radius 3 is 3.04 bits per heavy atom. The summed E-state index contributed by atoms with van der Waals surface area (Å²) in [7, 11) is 0. The van der Waals surface area contributed by atoms with Crippen molar-refractivity contribution >= 4 is 17.2 Å². The lowest BCUT2D eigenvalue weighted by Crippen LogP contribution is -2.49. The van der Waals surface area contributed by atoms with Crippen molar-refractivity contribution in [3.05, 3.63) is 34.8 Å². The number of carbonyl (C=O) groups is 1. The molecule has 5 heteroatoms. The number of thiazole rings is 1. The first-order valence-electron chi connectivity index (χ1n) is 9.82. The minimum absolute atomic E-state index is 0.133. The molecule has 2 unspecified atom stereocenters. The summed E-state index contributed by atoms with van der Waals surface area (Å²) in [6.45, 7) is 1.65. The van der Waals surface area contributed by atoms with Crippen LogP contribution < -0.4 is 4.74 Å². The Bertz CT molecular complexity index is 829. The SMILES string of the molecule is O=C(c1csc(-c2ccc3c(c2)CCO3)n1)N1CCCC2CCCCC21. The van der Waals surface area contributed by atoms with Crippen LogP contribution in [0.1, 0.15) is 54.6 Å². The van der Waals surface area contributed by atoms with Gasteiger partial charge in [-0.3, -0.25) is 4.79 Å². The fourth-order valence-electron chi connectivity index (χ4n) is 4.85. The molecule has 0 radical (unpaired) electrons. The van der Waals surface area contributed by atoms with Crippen LogP contribution in [0.15, 0.2) is 23.6 Å². The minimum atomic E-state index is 0.133. The van der Waals surface area contributed by atoms with Gasteiger partial charge < -0.3 is 9.64 Å². The predicted octanol–water partition coefficient (Wildman–Crippen LogP) is 4.54. The monoisotopic (exact) mass is 368 g/mol. The average Bonchev–Trinajstić information content (AvgIpc) is 3.35. The van der Waals surface area contributed by atoms with Crippen LogP contribution in [0.2, 0.25) is 0 Å². The number of aromatic nitrogens is 1. The van der Waals surface area contributed by atoms with Crippen LogP contribution in [0, 0.1) is 5.92 Å². The van der Waals surface area contributed by atoms with Gasteiger partial charge >= 0.3 is 0 Å². The number of hydrogen-bond acceptors (Lipinski definition) is 4. The smallest absolute Gasteiger partial charge is 0.273 e. The number of ether oxygens (including phenoxy) is 1. The van der Waals surface area contributed by atoms with E-state index < -0.39 is 0 Å². The van der Waals surface area contributed by atoms with Crippen LogP contribution in [-0.4, -0.2) is 35.0 Å². The molecule has 1 saturated heterocycles. The molecule has 0 spiro atoms. The highest BCUT2D eigenvalue weighted by atomic mass is 32.1. The first kappa shape index (κ1) is 16.3. The second-order valence-electron chi connectivity index (χ2n) is 7.71. The van der Waals surface area contributed by atoms with Crippen LogP contribution in [-0.2, 0) is 6.42 Å². The number of nitrogens with zero attached hydrogens (tertiary/aromatic N) is 2. The lowest BCUT2D eigenvalue weighted by Gasteiger charge is -2.43. The van der Waals surface area contributed by atoms with E-state index in [1.165, 1.54) is 31.2 Å².